The van der Waals surface area contributed by atoms with Gasteiger partial charge in [0.1, 0.15) is 5.75 Å². The summed E-state index contributed by atoms with van der Waals surface area (Å²) in [6.45, 7) is 9.59. The van der Waals surface area contributed by atoms with Gasteiger partial charge in [-0.05, 0) is 49.4 Å². The zero-order valence-corrected chi connectivity index (χ0v) is 23.9. The highest BCUT2D eigenvalue weighted by Gasteiger charge is 2.24. The summed E-state index contributed by atoms with van der Waals surface area (Å²) in [6, 6.07) is 21.1. The zero-order chi connectivity index (χ0) is 28.6. The summed E-state index contributed by atoms with van der Waals surface area (Å²) in [7, 11) is 1.69. The van der Waals surface area contributed by atoms with E-state index in [-0.39, 0.29) is 11.8 Å². The Morgan fingerprint density at radius 1 is 0.829 bits per heavy atom. The van der Waals surface area contributed by atoms with E-state index in [9.17, 15) is 9.59 Å². The number of hydrogen-bond donors (Lipinski definition) is 2. The standard InChI is InChI=1S/C32H39N5O4/c1-24-7-9-25(10-8-24)31(38)34-26-11-12-28(27(23-26)32(39)33-13-14-35-19-21-41-22-20-35)36-15-17-37(18-16-36)29-5-3-4-6-30(29)40-2/h3-12,23H,13-22H2,1-2H3,(H,33,39)(H,34,38). The fourth-order valence-corrected chi connectivity index (χ4v) is 5.31. The lowest BCUT2D eigenvalue weighted by Crippen LogP contribution is -2.47. The van der Waals surface area contributed by atoms with Crippen LogP contribution in [0.2, 0.25) is 0 Å². The van der Waals surface area contributed by atoms with Crippen LogP contribution in [0.25, 0.3) is 0 Å². The van der Waals surface area contributed by atoms with E-state index >= 15 is 0 Å². The first-order valence-electron chi connectivity index (χ1n) is 14.2. The van der Waals surface area contributed by atoms with Gasteiger partial charge < -0.3 is 29.9 Å². The van der Waals surface area contributed by atoms with Crippen molar-refractivity contribution in [3.63, 3.8) is 0 Å². The number of rotatable bonds is 9. The van der Waals surface area contributed by atoms with Gasteiger partial charge >= 0.3 is 0 Å². The molecule has 9 nitrogen and oxygen atoms in total. The van der Waals surface area contributed by atoms with Gasteiger partial charge in [0.15, 0.2) is 0 Å². The van der Waals surface area contributed by atoms with Crippen LogP contribution >= 0.6 is 0 Å². The molecule has 0 bridgehead atoms. The van der Waals surface area contributed by atoms with E-state index in [1.54, 1.807) is 25.3 Å². The maximum absolute atomic E-state index is 13.5. The molecule has 0 saturated carbocycles. The number of methoxy groups -OCH3 is 1. The molecule has 2 N–H and O–H groups in total. The summed E-state index contributed by atoms with van der Waals surface area (Å²) in [5.41, 5.74) is 4.74. The third-order valence-corrected chi connectivity index (χ3v) is 7.68. The van der Waals surface area contributed by atoms with Crippen LogP contribution in [0, 0.1) is 6.92 Å². The Hall–Kier alpha value is -4.08. The third kappa shape index (κ3) is 7.17. The lowest BCUT2D eigenvalue weighted by Gasteiger charge is -2.38. The molecule has 2 aliphatic rings. The predicted molar refractivity (Wildman–Crippen MR) is 163 cm³/mol. The maximum Gasteiger partial charge on any atom is 0.255 e. The summed E-state index contributed by atoms with van der Waals surface area (Å²) in [5.74, 6) is 0.503. The number of hydrogen-bond acceptors (Lipinski definition) is 7. The summed E-state index contributed by atoms with van der Waals surface area (Å²) in [6.07, 6.45) is 0. The van der Waals surface area contributed by atoms with Crippen molar-refractivity contribution in [1.29, 1.82) is 0 Å². The van der Waals surface area contributed by atoms with Gasteiger partial charge in [-0.25, -0.2) is 0 Å². The van der Waals surface area contributed by atoms with Gasteiger partial charge in [0.2, 0.25) is 0 Å². The largest absolute Gasteiger partial charge is 0.495 e. The molecule has 41 heavy (non-hydrogen) atoms. The number of amides is 2. The van der Waals surface area contributed by atoms with Crippen LogP contribution < -0.4 is 25.2 Å². The number of carbonyl (C=O) groups is 2. The number of nitrogens with zero attached hydrogens (tertiary/aromatic N) is 3. The first-order valence-corrected chi connectivity index (χ1v) is 14.2. The number of nitrogens with one attached hydrogen (secondary N) is 2. The number of piperazine rings is 1. The average molecular weight is 558 g/mol. The topological polar surface area (TPSA) is 86.4 Å². The molecule has 0 aliphatic carbocycles. The summed E-state index contributed by atoms with van der Waals surface area (Å²) in [4.78, 5) is 33.3. The van der Waals surface area contributed by atoms with Crippen LogP contribution in [-0.4, -0.2) is 89.4 Å². The second-order valence-electron chi connectivity index (χ2n) is 10.4. The molecule has 0 radical (unpaired) electrons. The predicted octanol–water partition coefficient (Wildman–Crippen LogP) is 3.64. The van der Waals surface area contributed by atoms with Crippen LogP contribution in [0.1, 0.15) is 26.3 Å². The van der Waals surface area contributed by atoms with E-state index in [1.807, 2.05) is 49.4 Å². The van der Waals surface area contributed by atoms with E-state index in [1.165, 1.54) is 0 Å². The van der Waals surface area contributed by atoms with Gasteiger partial charge in [0.25, 0.3) is 11.8 Å². The highest BCUT2D eigenvalue weighted by Crippen LogP contribution is 2.31. The van der Waals surface area contributed by atoms with E-state index in [2.05, 4.69) is 31.4 Å². The summed E-state index contributed by atoms with van der Waals surface area (Å²) in [5, 5.41) is 6.08. The summed E-state index contributed by atoms with van der Waals surface area (Å²) < 4.78 is 11.0. The molecule has 216 valence electrons. The van der Waals surface area contributed by atoms with E-state index < -0.39 is 0 Å². The maximum atomic E-state index is 13.5. The molecular formula is C32H39N5O4. The molecule has 0 spiro atoms. The van der Waals surface area contributed by atoms with Crippen molar-refractivity contribution < 1.29 is 19.1 Å². The molecule has 2 fully saturated rings. The van der Waals surface area contributed by atoms with Crippen molar-refractivity contribution in [2.24, 2.45) is 0 Å². The number of para-hydroxylation sites is 2. The number of morpholine rings is 1. The van der Waals surface area contributed by atoms with E-state index in [4.69, 9.17) is 9.47 Å². The molecule has 2 aliphatic heterocycles. The highest BCUT2D eigenvalue weighted by molar-refractivity contribution is 6.06. The number of anilines is 3. The van der Waals surface area contributed by atoms with Gasteiger partial charge in [0.05, 0.1) is 31.6 Å². The molecular weight excluding hydrogens is 518 g/mol. The average Bonchev–Trinajstić information content (AvgIpc) is 3.02. The van der Waals surface area contributed by atoms with Crippen molar-refractivity contribution in [2.45, 2.75) is 6.92 Å². The fourth-order valence-electron chi connectivity index (χ4n) is 5.31. The van der Waals surface area contributed by atoms with Crippen molar-refractivity contribution in [3.8, 4) is 5.75 Å². The zero-order valence-electron chi connectivity index (χ0n) is 23.9. The SMILES string of the molecule is COc1ccccc1N1CCN(c2ccc(NC(=O)c3ccc(C)cc3)cc2C(=O)NCCN2CCOCC2)CC1. The van der Waals surface area contributed by atoms with Crippen molar-refractivity contribution in [2.75, 3.05) is 87.8 Å². The third-order valence-electron chi connectivity index (χ3n) is 7.68. The van der Waals surface area contributed by atoms with Crippen LogP contribution in [0.3, 0.4) is 0 Å². The van der Waals surface area contributed by atoms with Gasteiger partial charge in [-0.1, -0.05) is 29.8 Å². The van der Waals surface area contributed by atoms with Crippen molar-refractivity contribution in [3.05, 3.63) is 83.4 Å². The molecule has 3 aromatic rings. The smallest absolute Gasteiger partial charge is 0.255 e. The second-order valence-corrected chi connectivity index (χ2v) is 10.4. The quantitative estimate of drug-likeness (QED) is 0.416. The number of aryl methyl sites for hydroxylation is 1. The number of ether oxygens (including phenoxy) is 2. The fraction of sp³-hybridized carbons (Fsp3) is 0.375. The normalized spacial score (nSPS) is 15.9. The Morgan fingerprint density at radius 2 is 1.51 bits per heavy atom. The molecule has 3 aromatic carbocycles. The minimum Gasteiger partial charge on any atom is -0.495 e. The first kappa shape index (κ1) is 28.4. The van der Waals surface area contributed by atoms with Crippen LogP contribution in [-0.2, 0) is 4.74 Å². The van der Waals surface area contributed by atoms with E-state index in [0.717, 1.165) is 81.7 Å². The van der Waals surface area contributed by atoms with Crippen LogP contribution in [0.4, 0.5) is 17.1 Å². The van der Waals surface area contributed by atoms with Crippen LogP contribution in [0.15, 0.2) is 66.7 Å². The Morgan fingerprint density at radius 3 is 2.22 bits per heavy atom. The van der Waals surface area contributed by atoms with Crippen molar-refractivity contribution in [1.82, 2.24) is 10.2 Å². The molecule has 5 rings (SSSR count). The Bertz CT molecular complexity index is 1330. The van der Waals surface area contributed by atoms with Gasteiger partial charge in [0, 0.05) is 69.3 Å². The molecule has 0 unspecified atom stereocenters. The Balaban J connectivity index is 1.31. The molecule has 2 amide bonds. The molecule has 0 atom stereocenters. The Labute approximate surface area is 242 Å². The van der Waals surface area contributed by atoms with Gasteiger partial charge in [-0.3, -0.25) is 14.5 Å². The molecule has 2 heterocycles. The molecule has 0 aromatic heterocycles. The number of carbonyl (C=O) groups excluding carboxylic acids is 2. The summed E-state index contributed by atoms with van der Waals surface area (Å²) >= 11 is 0. The van der Waals surface area contributed by atoms with Gasteiger partial charge in [-0.15, -0.1) is 0 Å². The number of benzene rings is 3. The van der Waals surface area contributed by atoms with Gasteiger partial charge in [-0.2, -0.15) is 0 Å². The van der Waals surface area contributed by atoms with Crippen molar-refractivity contribution >= 4 is 28.9 Å². The molecule has 2 saturated heterocycles. The monoisotopic (exact) mass is 557 g/mol. The minimum atomic E-state index is -0.207. The lowest BCUT2D eigenvalue weighted by atomic mass is 10.1. The first-order chi connectivity index (χ1) is 20.0. The Kier molecular flexibility index (Phi) is 9.38. The highest BCUT2D eigenvalue weighted by atomic mass is 16.5. The molecule has 9 heteroatoms. The second kappa shape index (κ2) is 13.5. The van der Waals surface area contributed by atoms with Crippen LogP contribution in [0.5, 0.6) is 5.75 Å². The van der Waals surface area contributed by atoms with E-state index in [0.29, 0.717) is 23.4 Å². The minimum absolute atomic E-state index is 0.146. The lowest BCUT2D eigenvalue weighted by molar-refractivity contribution is 0.0383.